The normalized spacial score (nSPS) is 17.9. The van der Waals surface area contributed by atoms with Crippen LogP contribution in [0, 0.1) is 5.92 Å². The third-order valence-corrected chi connectivity index (χ3v) is 6.17. The number of carboxylic acids is 1. The van der Waals surface area contributed by atoms with E-state index < -0.39 is 5.97 Å². The first kappa shape index (κ1) is 22.7. The smallest absolute Gasteiger partial charge is 0.306 e. The molecule has 3 aromatic rings. The molecule has 3 aromatic carbocycles. The number of nitrogens with zero attached hydrogens (tertiary/aromatic N) is 1. The zero-order valence-electron chi connectivity index (χ0n) is 18.7. The highest BCUT2D eigenvalue weighted by atomic mass is 16.6. The molecular weight excluding hydrogens is 412 g/mol. The molecule has 0 heterocycles. The van der Waals surface area contributed by atoms with Gasteiger partial charge in [-0.3, -0.25) is 4.79 Å². The van der Waals surface area contributed by atoms with E-state index in [1.165, 1.54) is 22.3 Å². The van der Waals surface area contributed by atoms with Gasteiger partial charge in [-0.05, 0) is 47.1 Å². The highest BCUT2D eigenvalue weighted by Crippen LogP contribution is 2.26. The average Bonchev–Trinajstić information content (AvgIpc) is 3.34. The van der Waals surface area contributed by atoms with Crippen LogP contribution in [0.15, 0.2) is 84.0 Å². The first-order chi connectivity index (χ1) is 16.2. The molecule has 0 spiro atoms. The summed E-state index contributed by atoms with van der Waals surface area (Å²) in [6.45, 7) is 1.21. The van der Waals surface area contributed by atoms with Crippen molar-refractivity contribution in [2.75, 3.05) is 0 Å². The van der Waals surface area contributed by atoms with E-state index >= 15 is 0 Å². The number of aliphatic carboxylic acids is 1. The van der Waals surface area contributed by atoms with Crippen LogP contribution in [0.2, 0.25) is 0 Å². The zero-order valence-corrected chi connectivity index (χ0v) is 18.7. The summed E-state index contributed by atoms with van der Waals surface area (Å²) < 4.78 is 0. The summed E-state index contributed by atoms with van der Waals surface area (Å²) in [5.41, 5.74) is 5.85. The summed E-state index contributed by atoms with van der Waals surface area (Å²) in [6, 6.07) is 27.3. The fraction of sp³-hybridized carbons (Fsp3) is 0.286. The number of hydrogen-bond donors (Lipinski definition) is 2. The van der Waals surface area contributed by atoms with Crippen LogP contribution in [0.4, 0.5) is 0 Å². The van der Waals surface area contributed by atoms with Crippen LogP contribution in [0.5, 0.6) is 0 Å². The molecule has 0 bridgehead atoms. The molecule has 2 unspecified atom stereocenters. The van der Waals surface area contributed by atoms with E-state index in [2.05, 4.69) is 71.1 Å². The van der Waals surface area contributed by atoms with Gasteiger partial charge in [0.1, 0.15) is 6.61 Å². The minimum atomic E-state index is -0.671. The molecular formula is C28H30N2O3. The minimum Gasteiger partial charge on any atom is -0.481 e. The molecule has 5 nitrogen and oxygen atoms in total. The van der Waals surface area contributed by atoms with Crippen molar-refractivity contribution in [2.45, 2.75) is 44.9 Å². The van der Waals surface area contributed by atoms with Gasteiger partial charge in [0.15, 0.2) is 0 Å². The van der Waals surface area contributed by atoms with Crippen molar-refractivity contribution in [1.82, 2.24) is 5.32 Å². The lowest BCUT2D eigenvalue weighted by Crippen LogP contribution is -2.26. The van der Waals surface area contributed by atoms with Crippen LogP contribution >= 0.6 is 0 Å². The lowest BCUT2D eigenvalue weighted by Gasteiger charge is -2.12. The number of rotatable bonds is 10. The topological polar surface area (TPSA) is 70.9 Å². The maximum absolute atomic E-state index is 11.1. The van der Waals surface area contributed by atoms with Gasteiger partial charge in [0.05, 0.1) is 5.92 Å². The minimum absolute atomic E-state index is 0.194. The fourth-order valence-corrected chi connectivity index (χ4v) is 4.18. The molecule has 1 saturated carbocycles. The van der Waals surface area contributed by atoms with Crippen LogP contribution < -0.4 is 5.32 Å². The van der Waals surface area contributed by atoms with Gasteiger partial charge >= 0.3 is 5.97 Å². The quantitative estimate of drug-likeness (QED) is 0.324. The molecule has 4 rings (SSSR count). The predicted octanol–water partition coefficient (Wildman–Crippen LogP) is 5.44. The van der Waals surface area contributed by atoms with Crippen LogP contribution in [0.3, 0.4) is 0 Å². The van der Waals surface area contributed by atoms with Gasteiger partial charge in [-0.15, -0.1) is 0 Å². The molecule has 0 aliphatic heterocycles. The van der Waals surface area contributed by atoms with E-state index in [4.69, 9.17) is 9.94 Å². The molecule has 170 valence electrons. The number of hydrogen-bond acceptors (Lipinski definition) is 4. The summed E-state index contributed by atoms with van der Waals surface area (Å²) in [6.07, 6.45) is 4.93. The number of nitrogens with one attached hydrogen (secondary N) is 1. The van der Waals surface area contributed by atoms with Crippen LogP contribution in [0.25, 0.3) is 11.1 Å². The van der Waals surface area contributed by atoms with Crippen molar-refractivity contribution >= 4 is 12.2 Å². The van der Waals surface area contributed by atoms with E-state index in [1.807, 2.05) is 18.2 Å². The standard InChI is InChI=1S/C28H30N2O3/c31-28(32)26-14-15-27(18-26)29-19-22-8-6-21(7-9-22)16-17-30-33-20-23-10-12-25(13-11-23)24-4-2-1-3-5-24/h1-13,17,26-27,29H,14-16,18-20H2,(H,31,32). The largest absolute Gasteiger partial charge is 0.481 e. The van der Waals surface area contributed by atoms with Crippen molar-refractivity contribution in [2.24, 2.45) is 11.1 Å². The summed E-state index contributed by atoms with van der Waals surface area (Å²) in [7, 11) is 0. The summed E-state index contributed by atoms with van der Waals surface area (Å²) in [5.74, 6) is -0.865. The van der Waals surface area contributed by atoms with Crippen molar-refractivity contribution < 1.29 is 14.7 Å². The van der Waals surface area contributed by atoms with Crippen LogP contribution in [-0.2, 0) is 29.2 Å². The monoisotopic (exact) mass is 442 g/mol. The zero-order chi connectivity index (χ0) is 22.9. The van der Waals surface area contributed by atoms with Gasteiger partial charge in [0, 0.05) is 25.2 Å². The Morgan fingerprint density at radius 3 is 2.27 bits per heavy atom. The molecule has 0 saturated heterocycles. The van der Waals surface area contributed by atoms with Crippen LogP contribution in [0.1, 0.15) is 36.0 Å². The number of oxime groups is 1. The second-order valence-corrected chi connectivity index (χ2v) is 8.57. The Hall–Kier alpha value is -3.44. The van der Waals surface area contributed by atoms with Gasteiger partial charge in [-0.25, -0.2) is 0 Å². The highest BCUT2D eigenvalue weighted by Gasteiger charge is 2.29. The van der Waals surface area contributed by atoms with E-state index in [1.54, 1.807) is 6.21 Å². The van der Waals surface area contributed by atoms with Gasteiger partial charge in [0.25, 0.3) is 0 Å². The van der Waals surface area contributed by atoms with E-state index in [0.717, 1.165) is 31.4 Å². The van der Waals surface area contributed by atoms with Gasteiger partial charge in [-0.1, -0.05) is 84.0 Å². The van der Waals surface area contributed by atoms with E-state index in [0.29, 0.717) is 19.1 Å². The fourth-order valence-electron chi connectivity index (χ4n) is 4.18. The molecule has 5 heteroatoms. The Morgan fingerprint density at radius 1 is 0.909 bits per heavy atom. The highest BCUT2D eigenvalue weighted by molar-refractivity contribution is 5.70. The molecule has 0 aromatic heterocycles. The molecule has 2 N–H and O–H groups in total. The van der Waals surface area contributed by atoms with Gasteiger partial charge < -0.3 is 15.3 Å². The predicted molar refractivity (Wildman–Crippen MR) is 131 cm³/mol. The Balaban J connectivity index is 1.16. The van der Waals surface area contributed by atoms with Crippen molar-refractivity contribution in [3.05, 3.63) is 95.6 Å². The van der Waals surface area contributed by atoms with Crippen LogP contribution in [-0.4, -0.2) is 23.3 Å². The Morgan fingerprint density at radius 2 is 1.58 bits per heavy atom. The van der Waals surface area contributed by atoms with Crippen molar-refractivity contribution in [1.29, 1.82) is 0 Å². The Labute approximate surface area is 195 Å². The van der Waals surface area contributed by atoms with Crippen molar-refractivity contribution in [3.8, 4) is 11.1 Å². The Bertz CT molecular complexity index is 1050. The maximum Gasteiger partial charge on any atom is 0.306 e. The third kappa shape index (κ3) is 6.77. The lowest BCUT2D eigenvalue weighted by atomic mass is 10.0. The van der Waals surface area contributed by atoms with Gasteiger partial charge in [-0.2, -0.15) is 0 Å². The van der Waals surface area contributed by atoms with Gasteiger partial charge in [0.2, 0.25) is 0 Å². The second kappa shape index (κ2) is 11.4. The Kier molecular flexibility index (Phi) is 7.88. The third-order valence-electron chi connectivity index (χ3n) is 6.17. The van der Waals surface area contributed by atoms with E-state index in [-0.39, 0.29) is 5.92 Å². The molecule has 1 fully saturated rings. The first-order valence-electron chi connectivity index (χ1n) is 11.5. The molecule has 33 heavy (non-hydrogen) atoms. The lowest BCUT2D eigenvalue weighted by molar-refractivity contribution is -0.141. The summed E-state index contributed by atoms with van der Waals surface area (Å²) >= 11 is 0. The maximum atomic E-state index is 11.1. The first-order valence-corrected chi connectivity index (χ1v) is 11.5. The van der Waals surface area contributed by atoms with Crippen molar-refractivity contribution in [3.63, 3.8) is 0 Å². The summed E-state index contributed by atoms with van der Waals surface area (Å²) in [5, 5.41) is 16.7. The number of carbonyl (C=O) groups is 1. The molecule has 2 atom stereocenters. The number of benzene rings is 3. The molecule has 1 aliphatic carbocycles. The molecule has 0 radical (unpaired) electrons. The molecule has 0 amide bonds. The average molecular weight is 443 g/mol. The molecule has 1 aliphatic rings. The SMILES string of the molecule is O=C(O)C1CCC(NCc2ccc(CC=NOCc3ccc(-c4ccccc4)cc3)cc2)C1. The summed E-state index contributed by atoms with van der Waals surface area (Å²) in [4.78, 5) is 16.5. The van der Waals surface area contributed by atoms with E-state index in [9.17, 15) is 4.79 Å². The number of carboxylic acid groups (broad SMARTS) is 1. The second-order valence-electron chi connectivity index (χ2n) is 8.57.